The smallest absolute Gasteiger partial charge is 0.274 e. The summed E-state index contributed by atoms with van der Waals surface area (Å²) in [7, 11) is 5.70. The Labute approximate surface area is 251 Å². The van der Waals surface area contributed by atoms with E-state index in [1.165, 1.54) is 0 Å². The Hall–Kier alpha value is -4.95. The molecule has 0 radical (unpaired) electrons. The van der Waals surface area contributed by atoms with Gasteiger partial charge in [-0.25, -0.2) is 4.98 Å². The quantitative estimate of drug-likeness (QED) is 0.298. The van der Waals surface area contributed by atoms with Gasteiger partial charge in [-0.05, 0) is 66.6 Å². The number of aryl methyl sites for hydroxylation is 1. The van der Waals surface area contributed by atoms with Crippen molar-refractivity contribution in [1.29, 1.82) is 0 Å². The first kappa shape index (κ1) is 28.2. The third kappa shape index (κ3) is 5.61. The number of anilines is 3. The van der Waals surface area contributed by atoms with Crippen LogP contribution in [-0.2, 0) is 14.1 Å². The second-order valence-electron chi connectivity index (χ2n) is 11.2. The molecule has 0 bridgehead atoms. The molecule has 1 fully saturated rings. The first-order valence-electron chi connectivity index (χ1n) is 14.5. The molecule has 2 aromatic carbocycles. The average molecular weight is 573 g/mol. The Kier molecular flexibility index (Phi) is 7.69. The van der Waals surface area contributed by atoms with Crippen molar-refractivity contribution in [3.05, 3.63) is 118 Å². The van der Waals surface area contributed by atoms with E-state index in [1.807, 2.05) is 105 Å². The fourth-order valence-corrected chi connectivity index (χ4v) is 5.78. The maximum atomic E-state index is 13.6. The number of hydrogen-bond donors (Lipinski definition) is 1. The summed E-state index contributed by atoms with van der Waals surface area (Å²) >= 11 is 0. The highest BCUT2D eigenvalue weighted by atomic mass is 16.1. The van der Waals surface area contributed by atoms with E-state index in [2.05, 4.69) is 27.1 Å². The van der Waals surface area contributed by atoms with Crippen molar-refractivity contribution in [2.24, 2.45) is 14.1 Å². The van der Waals surface area contributed by atoms with E-state index in [0.29, 0.717) is 17.1 Å². The second kappa shape index (κ2) is 11.7. The van der Waals surface area contributed by atoms with Crippen LogP contribution >= 0.6 is 0 Å². The lowest BCUT2D eigenvalue weighted by Crippen LogP contribution is -2.44. The number of nitrogens with one attached hydrogen (secondary N) is 1. The topological polar surface area (TPSA) is 75.4 Å². The van der Waals surface area contributed by atoms with Gasteiger partial charge in [0.2, 0.25) is 0 Å². The van der Waals surface area contributed by atoms with Crippen LogP contribution in [0.3, 0.4) is 0 Å². The molecule has 1 saturated heterocycles. The zero-order valence-corrected chi connectivity index (χ0v) is 25.0. The summed E-state index contributed by atoms with van der Waals surface area (Å²) in [5.74, 6) is 0.611. The third-order valence-electron chi connectivity index (χ3n) is 8.37. The minimum absolute atomic E-state index is 0.0597. The van der Waals surface area contributed by atoms with Crippen molar-refractivity contribution >= 4 is 17.2 Å². The zero-order chi connectivity index (χ0) is 30.1. The van der Waals surface area contributed by atoms with Crippen LogP contribution in [0.2, 0.25) is 0 Å². The second-order valence-corrected chi connectivity index (χ2v) is 11.2. The maximum absolute atomic E-state index is 13.6. The molecule has 218 valence electrons. The number of piperazine rings is 1. The van der Waals surface area contributed by atoms with Crippen LogP contribution in [0.1, 0.15) is 5.56 Å². The molecule has 0 saturated carbocycles. The molecular weight excluding hydrogens is 536 g/mol. The van der Waals surface area contributed by atoms with Crippen LogP contribution in [0, 0.1) is 6.92 Å². The van der Waals surface area contributed by atoms with Crippen molar-refractivity contribution < 1.29 is 0 Å². The number of aromatic nitrogens is 3. The highest BCUT2D eigenvalue weighted by molar-refractivity contribution is 5.80. The average Bonchev–Trinajstić information content (AvgIpc) is 3.02. The summed E-state index contributed by atoms with van der Waals surface area (Å²) in [6.07, 6.45) is 3.69. The fraction of sp³-hybridized carbons (Fsp3) is 0.229. The summed E-state index contributed by atoms with van der Waals surface area (Å²) in [5, 5.41) is 3.24. The minimum atomic E-state index is -0.145. The molecule has 0 unspecified atom stereocenters. The Morgan fingerprint density at radius 2 is 1.47 bits per heavy atom. The molecule has 4 heterocycles. The lowest BCUT2D eigenvalue weighted by molar-refractivity contribution is 0.313. The molecule has 3 aromatic heterocycles. The molecule has 8 heteroatoms. The lowest BCUT2D eigenvalue weighted by atomic mass is 9.93. The van der Waals surface area contributed by atoms with E-state index in [0.717, 1.165) is 65.4 Å². The largest absolute Gasteiger partial charge is 0.368 e. The van der Waals surface area contributed by atoms with Gasteiger partial charge in [-0.3, -0.25) is 9.59 Å². The van der Waals surface area contributed by atoms with Gasteiger partial charge < -0.3 is 24.3 Å². The van der Waals surface area contributed by atoms with E-state index >= 15 is 0 Å². The number of benzene rings is 2. The molecule has 6 rings (SSSR count). The van der Waals surface area contributed by atoms with Gasteiger partial charge in [0, 0.05) is 57.6 Å². The van der Waals surface area contributed by atoms with Crippen LogP contribution < -0.4 is 21.3 Å². The summed E-state index contributed by atoms with van der Waals surface area (Å²) in [4.78, 5) is 35.9. The first-order chi connectivity index (χ1) is 20.8. The Morgan fingerprint density at radius 3 is 2.19 bits per heavy atom. The Balaban J connectivity index is 1.31. The van der Waals surface area contributed by atoms with E-state index in [9.17, 15) is 9.59 Å². The minimum Gasteiger partial charge on any atom is -0.368 e. The fourth-order valence-electron chi connectivity index (χ4n) is 5.78. The molecule has 0 amide bonds. The zero-order valence-electron chi connectivity index (χ0n) is 25.0. The van der Waals surface area contributed by atoms with E-state index < -0.39 is 0 Å². The molecule has 1 aliphatic heterocycles. The van der Waals surface area contributed by atoms with Gasteiger partial charge in [-0.2, -0.15) is 0 Å². The predicted molar refractivity (Wildman–Crippen MR) is 175 cm³/mol. The molecule has 0 atom stereocenters. The molecule has 0 aliphatic carbocycles. The normalized spacial score (nSPS) is 13.7. The third-order valence-corrected chi connectivity index (χ3v) is 8.37. The molecule has 1 N–H and O–H groups in total. The van der Waals surface area contributed by atoms with Crippen LogP contribution in [0.5, 0.6) is 0 Å². The molecule has 8 nitrogen and oxygen atoms in total. The van der Waals surface area contributed by atoms with Gasteiger partial charge in [0.1, 0.15) is 11.5 Å². The Bertz CT molecular complexity index is 1890. The van der Waals surface area contributed by atoms with Crippen LogP contribution in [0.4, 0.5) is 17.2 Å². The van der Waals surface area contributed by atoms with Crippen molar-refractivity contribution in [3.63, 3.8) is 0 Å². The first-order valence-corrected chi connectivity index (χ1v) is 14.5. The SMILES string of the molecule is Cc1c(-c2cc(Nc3ccc(N4CCN(C)CC4)cn3)c(=O)n(C)c2)cccc1-c1ccc(-c2ccccc2)n(C)c1=O. The molecule has 1 aliphatic rings. The van der Waals surface area contributed by atoms with E-state index in [-0.39, 0.29) is 11.1 Å². The van der Waals surface area contributed by atoms with Gasteiger partial charge in [0.05, 0.1) is 17.6 Å². The van der Waals surface area contributed by atoms with Crippen molar-refractivity contribution in [1.82, 2.24) is 19.0 Å². The number of hydrogen-bond acceptors (Lipinski definition) is 6. The monoisotopic (exact) mass is 572 g/mol. The van der Waals surface area contributed by atoms with Crippen LogP contribution in [0.15, 0.2) is 101 Å². The molecule has 43 heavy (non-hydrogen) atoms. The van der Waals surface area contributed by atoms with Gasteiger partial charge >= 0.3 is 0 Å². The highest BCUT2D eigenvalue weighted by Gasteiger charge is 2.17. The number of pyridine rings is 3. The summed E-state index contributed by atoms with van der Waals surface area (Å²) in [6.45, 7) is 6.00. The van der Waals surface area contributed by atoms with Crippen LogP contribution in [0.25, 0.3) is 33.5 Å². The Morgan fingerprint density at radius 1 is 0.721 bits per heavy atom. The highest BCUT2D eigenvalue weighted by Crippen LogP contribution is 2.32. The van der Waals surface area contributed by atoms with Crippen molar-refractivity contribution in [2.75, 3.05) is 43.4 Å². The van der Waals surface area contributed by atoms with Crippen molar-refractivity contribution in [2.45, 2.75) is 6.92 Å². The number of nitrogens with zero attached hydrogens (tertiary/aromatic N) is 5. The number of likely N-dealkylation sites (N-methyl/N-ethyl adjacent to an activating group) is 1. The molecule has 0 spiro atoms. The maximum Gasteiger partial charge on any atom is 0.274 e. The van der Waals surface area contributed by atoms with Gasteiger partial charge in [-0.1, -0.05) is 48.5 Å². The molecule has 5 aromatic rings. The van der Waals surface area contributed by atoms with Gasteiger partial charge in [-0.15, -0.1) is 0 Å². The summed E-state index contributed by atoms with van der Waals surface area (Å²) < 4.78 is 3.28. The molecular formula is C35H36N6O2. The summed E-state index contributed by atoms with van der Waals surface area (Å²) in [6, 6.07) is 25.6. The van der Waals surface area contributed by atoms with E-state index in [1.54, 1.807) is 16.2 Å². The van der Waals surface area contributed by atoms with Crippen LogP contribution in [-0.4, -0.2) is 52.2 Å². The summed E-state index contributed by atoms with van der Waals surface area (Å²) in [5.41, 5.74) is 7.45. The van der Waals surface area contributed by atoms with E-state index in [4.69, 9.17) is 0 Å². The lowest BCUT2D eigenvalue weighted by Gasteiger charge is -2.33. The van der Waals surface area contributed by atoms with Gasteiger partial charge in [0.15, 0.2) is 0 Å². The standard InChI is InChI=1S/C35H36N6O2/c1-24-28(11-8-12-29(24)30-14-15-32(40(4)34(30)42)25-9-6-5-7-10-25)26-21-31(35(43)39(3)23-26)37-33-16-13-27(22-36-33)41-19-17-38(2)18-20-41/h5-16,21-23H,17-20H2,1-4H3,(H,36,37). The predicted octanol–water partition coefficient (Wildman–Crippen LogP) is 5.28. The van der Waals surface area contributed by atoms with Gasteiger partial charge in [0.25, 0.3) is 11.1 Å². The van der Waals surface area contributed by atoms with Crippen molar-refractivity contribution in [3.8, 4) is 33.5 Å². The number of rotatable bonds is 6.